The summed E-state index contributed by atoms with van der Waals surface area (Å²) in [6, 6.07) is 0.0602. The number of nitrogens with zero attached hydrogens (tertiary/aromatic N) is 1. The van der Waals surface area contributed by atoms with E-state index in [0.717, 1.165) is 45.3 Å². The molecule has 1 aliphatic heterocycles. The smallest absolute Gasteiger partial charge is 0.317 e. The first-order valence-corrected chi connectivity index (χ1v) is 5.46. The van der Waals surface area contributed by atoms with Crippen LogP contribution >= 0.6 is 0 Å². The van der Waals surface area contributed by atoms with Crippen molar-refractivity contribution in [3.63, 3.8) is 0 Å². The highest BCUT2D eigenvalue weighted by atomic mass is 16.3. The van der Waals surface area contributed by atoms with Gasteiger partial charge >= 0.3 is 6.03 Å². The van der Waals surface area contributed by atoms with Gasteiger partial charge in [-0.25, -0.2) is 4.79 Å². The van der Waals surface area contributed by atoms with Crippen LogP contribution in [0.5, 0.6) is 0 Å². The van der Waals surface area contributed by atoms with Gasteiger partial charge in [0.15, 0.2) is 0 Å². The molecule has 2 amide bonds. The Labute approximate surface area is 84.3 Å². The third kappa shape index (κ3) is 2.18. The highest BCUT2D eigenvalue weighted by molar-refractivity contribution is 5.76. The molecule has 0 radical (unpaired) electrons. The van der Waals surface area contributed by atoms with Crippen LogP contribution in [0.2, 0.25) is 0 Å². The van der Waals surface area contributed by atoms with Crippen LogP contribution in [0.25, 0.3) is 0 Å². The molecule has 2 atom stereocenters. The molecular formula is C10H18N2O2. The fourth-order valence-electron chi connectivity index (χ4n) is 2.43. The van der Waals surface area contributed by atoms with Crippen molar-refractivity contribution < 1.29 is 9.90 Å². The van der Waals surface area contributed by atoms with E-state index in [1.807, 2.05) is 4.90 Å². The lowest BCUT2D eigenvalue weighted by atomic mass is 9.87. The van der Waals surface area contributed by atoms with Gasteiger partial charge in [-0.3, -0.25) is 0 Å². The number of carbonyl (C=O) groups excluding carboxylic acids is 1. The Morgan fingerprint density at radius 2 is 2.36 bits per heavy atom. The average Bonchev–Trinajstić information content (AvgIpc) is 2.52. The van der Waals surface area contributed by atoms with Crippen LogP contribution in [0.4, 0.5) is 4.79 Å². The van der Waals surface area contributed by atoms with Crippen molar-refractivity contribution in [3.8, 4) is 0 Å². The van der Waals surface area contributed by atoms with Crippen molar-refractivity contribution in [3.05, 3.63) is 0 Å². The number of aliphatic hydroxyl groups excluding tert-OH is 1. The lowest BCUT2D eigenvalue weighted by Gasteiger charge is -2.28. The zero-order chi connectivity index (χ0) is 9.97. The highest BCUT2D eigenvalue weighted by Gasteiger charge is 2.26. The fraction of sp³-hybridized carbons (Fsp3) is 0.900. The van der Waals surface area contributed by atoms with E-state index in [0.29, 0.717) is 5.92 Å². The molecule has 4 heteroatoms. The number of hydrogen-bond donors (Lipinski definition) is 2. The van der Waals surface area contributed by atoms with E-state index >= 15 is 0 Å². The van der Waals surface area contributed by atoms with Gasteiger partial charge in [-0.2, -0.15) is 0 Å². The Morgan fingerprint density at radius 3 is 3.00 bits per heavy atom. The third-order valence-corrected chi connectivity index (χ3v) is 3.18. The van der Waals surface area contributed by atoms with Gasteiger partial charge in [-0.05, 0) is 25.2 Å². The molecular weight excluding hydrogens is 180 g/mol. The molecule has 1 saturated carbocycles. The summed E-state index contributed by atoms with van der Waals surface area (Å²) in [4.78, 5) is 13.1. The number of hydrogen-bond acceptors (Lipinski definition) is 2. The molecule has 2 fully saturated rings. The number of aliphatic hydroxyl groups is 1. The SMILES string of the molecule is O=C1NCCN1CC1CCCC(O)C1. The Hall–Kier alpha value is -0.770. The first kappa shape index (κ1) is 9.77. The van der Waals surface area contributed by atoms with Crippen LogP contribution in [-0.2, 0) is 0 Å². The maximum atomic E-state index is 11.3. The maximum Gasteiger partial charge on any atom is 0.317 e. The Kier molecular flexibility index (Phi) is 2.91. The minimum atomic E-state index is -0.139. The number of carbonyl (C=O) groups is 1. The lowest BCUT2D eigenvalue weighted by Crippen LogP contribution is -2.35. The largest absolute Gasteiger partial charge is 0.393 e. The van der Waals surface area contributed by atoms with Gasteiger partial charge in [0.2, 0.25) is 0 Å². The van der Waals surface area contributed by atoms with E-state index in [1.54, 1.807) is 0 Å². The zero-order valence-electron chi connectivity index (χ0n) is 8.41. The molecule has 2 unspecified atom stereocenters. The molecule has 1 saturated heterocycles. The maximum absolute atomic E-state index is 11.3. The second-order valence-electron chi connectivity index (χ2n) is 4.36. The van der Waals surface area contributed by atoms with Gasteiger partial charge in [0.05, 0.1) is 6.10 Å². The Bertz CT molecular complexity index is 220. The van der Waals surface area contributed by atoms with Crippen molar-refractivity contribution in [2.24, 2.45) is 5.92 Å². The van der Waals surface area contributed by atoms with Crippen molar-refractivity contribution in [1.29, 1.82) is 0 Å². The summed E-state index contributed by atoms with van der Waals surface area (Å²) < 4.78 is 0. The number of amides is 2. The molecule has 0 spiro atoms. The lowest BCUT2D eigenvalue weighted by molar-refractivity contribution is 0.0908. The summed E-state index contributed by atoms with van der Waals surface area (Å²) in [5.41, 5.74) is 0. The van der Waals surface area contributed by atoms with Crippen LogP contribution in [0.3, 0.4) is 0 Å². The summed E-state index contributed by atoms with van der Waals surface area (Å²) in [6.07, 6.45) is 3.91. The standard InChI is InChI=1S/C10H18N2O2/c13-9-3-1-2-8(6-9)7-12-5-4-11-10(12)14/h8-9,13H,1-7H2,(H,11,14). The molecule has 0 aromatic carbocycles. The summed E-state index contributed by atoms with van der Waals surface area (Å²) in [6.45, 7) is 2.42. The molecule has 4 nitrogen and oxygen atoms in total. The summed E-state index contributed by atoms with van der Waals surface area (Å²) in [5.74, 6) is 0.502. The highest BCUT2D eigenvalue weighted by Crippen LogP contribution is 2.25. The topological polar surface area (TPSA) is 52.6 Å². The summed E-state index contributed by atoms with van der Waals surface area (Å²) in [7, 11) is 0. The Balaban J connectivity index is 1.81. The van der Waals surface area contributed by atoms with Crippen molar-refractivity contribution in [1.82, 2.24) is 10.2 Å². The summed E-state index contributed by atoms with van der Waals surface area (Å²) >= 11 is 0. The molecule has 0 bridgehead atoms. The minimum absolute atomic E-state index is 0.0602. The third-order valence-electron chi connectivity index (χ3n) is 3.18. The van der Waals surface area contributed by atoms with Crippen molar-refractivity contribution >= 4 is 6.03 Å². The van der Waals surface area contributed by atoms with Crippen molar-refractivity contribution in [2.45, 2.75) is 31.8 Å². The molecule has 0 aromatic heterocycles. The van der Waals surface area contributed by atoms with Gasteiger partial charge in [0.25, 0.3) is 0 Å². The van der Waals surface area contributed by atoms with E-state index in [1.165, 1.54) is 0 Å². The van der Waals surface area contributed by atoms with Crippen LogP contribution in [0.1, 0.15) is 25.7 Å². The first-order chi connectivity index (χ1) is 6.75. The molecule has 2 aliphatic rings. The van der Waals surface area contributed by atoms with Gasteiger partial charge < -0.3 is 15.3 Å². The van der Waals surface area contributed by atoms with Crippen molar-refractivity contribution in [2.75, 3.05) is 19.6 Å². The van der Waals surface area contributed by atoms with E-state index in [9.17, 15) is 9.90 Å². The quantitative estimate of drug-likeness (QED) is 0.681. The van der Waals surface area contributed by atoms with Crippen LogP contribution < -0.4 is 5.32 Å². The molecule has 1 heterocycles. The molecule has 80 valence electrons. The zero-order valence-corrected chi connectivity index (χ0v) is 8.41. The summed E-state index contributed by atoms with van der Waals surface area (Å²) in [5, 5.41) is 12.3. The predicted octanol–water partition coefficient (Wildman–Crippen LogP) is 0.563. The Morgan fingerprint density at radius 1 is 1.50 bits per heavy atom. The second kappa shape index (κ2) is 4.17. The predicted molar refractivity (Wildman–Crippen MR) is 52.9 cm³/mol. The average molecular weight is 198 g/mol. The van der Waals surface area contributed by atoms with E-state index in [-0.39, 0.29) is 12.1 Å². The second-order valence-corrected chi connectivity index (χ2v) is 4.36. The number of urea groups is 1. The molecule has 14 heavy (non-hydrogen) atoms. The van der Waals surface area contributed by atoms with Gasteiger partial charge in [-0.15, -0.1) is 0 Å². The van der Waals surface area contributed by atoms with Gasteiger partial charge in [-0.1, -0.05) is 6.42 Å². The number of rotatable bonds is 2. The fourth-order valence-corrected chi connectivity index (χ4v) is 2.43. The van der Waals surface area contributed by atoms with Gasteiger partial charge in [0, 0.05) is 19.6 Å². The van der Waals surface area contributed by atoms with E-state index in [2.05, 4.69) is 5.32 Å². The molecule has 2 rings (SSSR count). The van der Waals surface area contributed by atoms with E-state index in [4.69, 9.17) is 0 Å². The van der Waals surface area contributed by atoms with E-state index < -0.39 is 0 Å². The van der Waals surface area contributed by atoms with Crippen LogP contribution in [-0.4, -0.2) is 41.8 Å². The molecule has 2 N–H and O–H groups in total. The van der Waals surface area contributed by atoms with Gasteiger partial charge in [0.1, 0.15) is 0 Å². The van der Waals surface area contributed by atoms with Crippen LogP contribution in [0.15, 0.2) is 0 Å². The molecule has 1 aliphatic carbocycles. The minimum Gasteiger partial charge on any atom is -0.393 e. The van der Waals surface area contributed by atoms with Crippen LogP contribution in [0, 0.1) is 5.92 Å². The first-order valence-electron chi connectivity index (χ1n) is 5.46. The normalized spacial score (nSPS) is 33.2. The molecule has 0 aromatic rings. The number of nitrogens with one attached hydrogen (secondary N) is 1. The monoisotopic (exact) mass is 198 g/mol.